The second-order valence-electron chi connectivity index (χ2n) is 9.55. The van der Waals surface area contributed by atoms with Crippen LogP contribution in [0.4, 0.5) is 0 Å². The van der Waals surface area contributed by atoms with Crippen LogP contribution in [0, 0.1) is 5.92 Å². The smallest absolute Gasteiger partial charge is 0.243 e. The maximum Gasteiger partial charge on any atom is 0.243 e. The molecule has 2 fully saturated rings. The van der Waals surface area contributed by atoms with E-state index >= 15 is 0 Å². The summed E-state index contributed by atoms with van der Waals surface area (Å²) >= 11 is 1.72. The topological polar surface area (TPSA) is 60.9 Å². The number of benzene rings is 1. The van der Waals surface area contributed by atoms with E-state index < -0.39 is 10.0 Å². The van der Waals surface area contributed by atoms with Crippen molar-refractivity contribution in [2.45, 2.75) is 50.0 Å². The number of hydrogen-bond donors (Lipinski definition) is 0. The van der Waals surface area contributed by atoms with Gasteiger partial charge in [-0.25, -0.2) is 8.42 Å². The summed E-state index contributed by atoms with van der Waals surface area (Å²) in [7, 11) is -3.50. The molecule has 2 aromatic rings. The van der Waals surface area contributed by atoms with Crippen molar-refractivity contribution in [3.8, 4) is 0 Å². The minimum Gasteiger partial charge on any atom is -0.340 e. The lowest BCUT2D eigenvalue weighted by Gasteiger charge is -2.38. The quantitative estimate of drug-likeness (QED) is 0.649. The Bertz CT molecular complexity index is 1070. The summed E-state index contributed by atoms with van der Waals surface area (Å²) < 4.78 is 28.1. The first-order chi connectivity index (χ1) is 16.0. The van der Waals surface area contributed by atoms with E-state index in [1.54, 1.807) is 21.7 Å². The number of thiophene rings is 1. The Morgan fingerprint density at radius 2 is 1.67 bits per heavy atom. The zero-order valence-electron chi connectivity index (χ0n) is 19.1. The van der Waals surface area contributed by atoms with Gasteiger partial charge >= 0.3 is 0 Å². The Kier molecular flexibility index (Phi) is 6.88. The van der Waals surface area contributed by atoms with E-state index in [0.29, 0.717) is 30.8 Å². The van der Waals surface area contributed by atoms with Gasteiger partial charge in [-0.3, -0.25) is 9.69 Å². The molecule has 8 heteroatoms. The van der Waals surface area contributed by atoms with Gasteiger partial charge < -0.3 is 4.90 Å². The van der Waals surface area contributed by atoms with Crippen LogP contribution in [0.1, 0.15) is 42.4 Å². The summed E-state index contributed by atoms with van der Waals surface area (Å²) in [5.74, 6) is 0.138. The molecule has 3 aliphatic rings. The van der Waals surface area contributed by atoms with E-state index in [4.69, 9.17) is 0 Å². The van der Waals surface area contributed by atoms with Gasteiger partial charge in [-0.2, -0.15) is 15.6 Å². The molecule has 6 nitrogen and oxygen atoms in total. The molecule has 0 atom stereocenters. The zero-order valence-corrected chi connectivity index (χ0v) is 20.7. The third-order valence-electron chi connectivity index (χ3n) is 7.43. The standard InChI is InChI=1S/C25H33N3O3S2/c29-25(27-14-12-26(13-15-27)18-20-9-16-32-19-20)22-7-10-28(11-8-22)33(30,31)24-6-5-21-3-1-2-4-23(21)17-24/h5-6,9,16-17,19,22H,1-4,7-8,10-15,18H2. The van der Waals surface area contributed by atoms with Crippen LogP contribution in [0.2, 0.25) is 0 Å². The SMILES string of the molecule is O=C(C1CCN(S(=O)(=O)c2ccc3c(c2)CCCC3)CC1)N1CCN(Cc2ccsc2)CC1. The molecule has 0 spiro atoms. The summed E-state index contributed by atoms with van der Waals surface area (Å²) in [6, 6.07) is 7.81. The van der Waals surface area contributed by atoms with Crippen molar-refractivity contribution in [1.29, 1.82) is 0 Å². The molecule has 1 amide bonds. The van der Waals surface area contributed by atoms with Gasteiger partial charge in [-0.1, -0.05) is 6.07 Å². The molecule has 0 radical (unpaired) electrons. The molecule has 2 saturated heterocycles. The van der Waals surface area contributed by atoms with E-state index in [0.717, 1.165) is 52.0 Å². The molecular weight excluding hydrogens is 454 g/mol. The lowest BCUT2D eigenvalue weighted by atomic mass is 9.92. The lowest BCUT2D eigenvalue weighted by Crippen LogP contribution is -2.51. The first-order valence-corrected chi connectivity index (χ1v) is 14.5. The maximum absolute atomic E-state index is 13.2. The summed E-state index contributed by atoms with van der Waals surface area (Å²) in [4.78, 5) is 17.9. The van der Waals surface area contributed by atoms with Crippen molar-refractivity contribution in [1.82, 2.24) is 14.1 Å². The monoisotopic (exact) mass is 487 g/mol. The Hall–Kier alpha value is -1.74. The number of piperidine rings is 1. The number of piperazine rings is 1. The van der Waals surface area contributed by atoms with Crippen molar-refractivity contribution in [3.63, 3.8) is 0 Å². The van der Waals surface area contributed by atoms with E-state index in [1.165, 1.54) is 23.1 Å². The molecule has 5 rings (SSSR count). The number of sulfonamides is 1. The molecule has 0 bridgehead atoms. The van der Waals surface area contributed by atoms with Crippen LogP contribution in [-0.4, -0.2) is 67.7 Å². The number of fused-ring (bicyclic) bond motifs is 1. The summed E-state index contributed by atoms with van der Waals surface area (Å²) in [5.41, 5.74) is 3.82. The third-order valence-corrected chi connectivity index (χ3v) is 10.1. The van der Waals surface area contributed by atoms with E-state index in [9.17, 15) is 13.2 Å². The minimum absolute atomic E-state index is 0.0663. The number of rotatable bonds is 5. The van der Waals surface area contributed by atoms with E-state index in [1.807, 2.05) is 17.0 Å². The van der Waals surface area contributed by atoms with Crippen molar-refractivity contribution >= 4 is 27.3 Å². The van der Waals surface area contributed by atoms with Crippen molar-refractivity contribution in [3.05, 3.63) is 51.7 Å². The van der Waals surface area contributed by atoms with Crippen molar-refractivity contribution in [2.24, 2.45) is 5.92 Å². The molecule has 1 aromatic heterocycles. The average molecular weight is 488 g/mol. The maximum atomic E-state index is 13.2. The zero-order chi connectivity index (χ0) is 22.8. The lowest BCUT2D eigenvalue weighted by molar-refractivity contribution is -0.138. The first kappa shape index (κ1) is 23.0. The second-order valence-corrected chi connectivity index (χ2v) is 12.3. The van der Waals surface area contributed by atoms with E-state index in [-0.39, 0.29) is 11.8 Å². The third kappa shape index (κ3) is 5.04. The second kappa shape index (κ2) is 9.86. The molecular formula is C25H33N3O3S2. The van der Waals surface area contributed by atoms with Gasteiger partial charge in [0.2, 0.25) is 15.9 Å². The molecule has 0 N–H and O–H groups in total. The van der Waals surface area contributed by atoms with Crippen LogP contribution in [0.15, 0.2) is 39.9 Å². The van der Waals surface area contributed by atoms with Gasteiger partial charge in [0.1, 0.15) is 0 Å². The molecule has 0 unspecified atom stereocenters. The van der Waals surface area contributed by atoms with E-state index in [2.05, 4.69) is 21.7 Å². The van der Waals surface area contributed by atoms with Crippen LogP contribution >= 0.6 is 11.3 Å². The first-order valence-electron chi connectivity index (χ1n) is 12.1. The van der Waals surface area contributed by atoms with Gasteiger partial charge in [-0.05, 0) is 84.2 Å². The molecule has 178 valence electrons. The van der Waals surface area contributed by atoms with Crippen LogP contribution in [0.5, 0.6) is 0 Å². The molecule has 33 heavy (non-hydrogen) atoms. The van der Waals surface area contributed by atoms with Gasteiger partial charge in [0.05, 0.1) is 4.90 Å². The number of carbonyl (C=O) groups excluding carboxylic acids is 1. The Labute approximate surface area is 201 Å². The Balaban J connectivity index is 1.14. The predicted octanol–water partition coefficient (Wildman–Crippen LogP) is 3.37. The Morgan fingerprint density at radius 1 is 0.939 bits per heavy atom. The van der Waals surface area contributed by atoms with Crippen molar-refractivity contribution in [2.75, 3.05) is 39.3 Å². The molecule has 3 heterocycles. The number of nitrogens with zero attached hydrogens (tertiary/aromatic N) is 3. The normalized spacial score (nSPS) is 21.2. The van der Waals surface area contributed by atoms with Crippen molar-refractivity contribution < 1.29 is 13.2 Å². The number of aryl methyl sites for hydroxylation is 2. The van der Waals surface area contributed by atoms with Crippen LogP contribution in [0.25, 0.3) is 0 Å². The van der Waals surface area contributed by atoms with Gasteiger partial charge in [0.25, 0.3) is 0 Å². The predicted molar refractivity (Wildman–Crippen MR) is 131 cm³/mol. The average Bonchev–Trinajstić information content (AvgIpc) is 3.37. The highest BCUT2D eigenvalue weighted by Gasteiger charge is 2.35. The molecule has 1 aromatic carbocycles. The fourth-order valence-electron chi connectivity index (χ4n) is 5.39. The molecule has 2 aliphatic heterocycles. The van der Waals surface area contributed by atoms with Gasteiger partial charge in [0, 0.05) is 51.7 Å². The van der Waals surface area contributed by atoms with Gasteiger partial charge in [0.15, 0.2) is 0 Å². The van der Waals surface area contributed by atoms with Gasteiger partial charge in [-0.15, -0.1) is 0 Å². The fraction of sp³-hybridized carbons (Fsp3) is 0.560. The Morgan fingerprint density at radius 3 is 2.36 bits per heavy atom. The highest BCUT2D eigenvalue weighted by Crippen LogP contribution is 2.29. The largest absolute Gasteiger partial charge is 0.340 e. The summed E-state index contributed by atoms with van der Waals surface area (Å²) in [6.45, 7) is 5.11. The summed E-state index contributed by atoms with van der Waals surface area (Å²) in [6.07, 6.45) is 5.55. The fourth-order valence-corrected chi connectivity index (χ4v) is 7.57. The number of carbonyl (C=O) groups is 1. The minimum atomic E-state index is -3.50. The van der Waals surface area contributed by atoms with Crippen LogP contribution < -0.4 is 0 Å². The number of hydrogen-bond acceptors (Lipinski definition) is 5. The molecule has 0 saturated carbocycles. The summed E-state index contributed by atoms with van der Waals surface area (Å²) in [5, 5.41) is 4.29. The van der Waals surface area contributed by atoms with Crippen LogP contribution in [0.3, 0.4) is 0 Å². The number of amides is 1. The highest BCUT2D eigenvalue weighted by molar-refractivity contribution is 7.89. The van der Waals surface area contributed by atoms with Crippen LogP contribution in [-0.2, 0) is 34.2 Å². The molecule has 1 aliphatic carbocycles. The highest BCUT2D eigenvalue weighted by atomic mass is 32.2.